The van der Waals surface area contributed by atoms with E-state index in [-0.39, 0.29) is 30.9 Å². The molecule has 4 N–H and O–H groups in total. The molecule has 5 rings (SSSR count). The Morgan fingerprint density at radius 1 is 1.00 bits per heavy atom. The van der Waals surface area contributed by atoms with E-state index in [0.717, 1.165) is 41.0 Å². The highest BCUT2D eigenvalue weighted by atomic mass is 32.2. The number of thiazole rings is 1. The first-order valence-corrected chi connectivity index (χ1v) is 19.8. The van der Waals surface area contributed by atoms with Gasteiger partial charge in [-0.05, 0) is 61.1 Å². The second kappa shape index (κ2) is 19.0. The number of hydrogen-bond donors (Lipinski definition) is 4. The molecule has 0 spiro atoms. The summed E-state index contributed by atoms with van der Waals surface area (Å²) in [5.74, 6) is 0.231. The van der Waals surface area contributed by atoms with Crippen molar-refractivity contribution in [3.8, 4) is 0 Å². The summed E-state index contributed by atoms with van der Waals surface area (Å²) in [7, 11) is 1.75. The number of alkyl carbamates (subject to hydrolysis) is 1. The number of aliphatic hydroxyl groups is 1. The predicted molar refractivity (Wildman–Crippen MR) is 207 cm³/mol. The summed E-state index contributed by atoms with van der Waals surface area (Å²) >= 11 is 3.04. The van der Waals surface area contributed by atoms with Crippen molar-refractivity contribution in [3.63, 3.8) is 0 Å². The molecule has 1 aliphatic carbocycles. The van der Waals surface area contributed by atoms with Crippen molar-refractivity contribution in [1.82, 2.24) is 25.8 Å². The fraction of sp³-hybridized carbons (Fsp3) is 0.462. The number of urea groups is 1. The summed E-state index contributed by atoms with van der Waals surface area (Å²) in [4.78, 5) is 51.8. The number of rotatable bonds is 17. The highest BCUT2D eigenvalue weighted by Gasteiger charge is 2.40. The van der Waals surface area contributed by atoms with Crippen molar-refractivity contribution in [3.05, 3.63) is 100 Å². The van der Waals surface area contributed by atoms with Gasteiger partial charge < -0.3 is 30.7 Å². The lowest BCUT2D eigenvalue weighted by atomic mass is 9.91. The SMILES string of the molecule is CC(C)[C@H](NC(=O)N(C)CC1(C2=CCCC2)CSC=N1)C(=O)N[C@@H](Cc1ccccc1)C[C@H](O)[C@H](Cc1ccccc1)NC(=O)OCc1cncs1. The van der Waals surface area contributed by atoms with E-state index < -0.39 is 35.9 Å². The third-order valence-electron chi connectivity index (χ3n) is 9.50. The minimum Gasteiger partial charge on any atom is -0.444 e. The smallest absolute Gasteiger partial charge is 0.407 e. The number of ether oxygens (including phenoxy) is 1. The van der Waals surface area contributed by atoms with Crippen LogP contribution in [0.2, 0.25) is 0 Å². The third-order valence-corrected chi connectivity index (χ3v) is 11.2. The van der Waals surface area contributed by atoms with Gasteiger partial charge in [0, 0.05) is 25.0 Å². The Kier molecular flexibility index (Phi) is 14.3. The Hall–Kier alpha value is -4.20. The fourth-order valence-corrected chi connectivity index (χ4v) is 8.17. The summed E-state index contributed by atoms with van der Waals surface area (Å²) in [6.07, 6.45) is 6.23. The fourth-order valence-electron chi connectivity index (χ4n) is 6.68. The van der Waals surface area contributed by atoms with E-state index in [4.69, 9.17) is 9.73 Å². The third kappa shape index (κ3) is 11.1. The molecule has 5 atom stereocenters. The van der Waals surface area contributed by atoms with Crippen molar-refractivity contribution >= 4 is 46.7 Å². The summed E-state index contributed by atoms with van der Waals surface area (Å²) in [5.41, 5.74) is 6.30. The van der Waals surface area contributed by atoms with Gasteiger partial charge in [0.15, 0.2) is 0 Å². The number of benzene rings is 2. The van der Waals surface area contributed by atoms with Gasteiger partial charge in [-0.2, -0.15) is 0 Å². The zero-order valence-electron chi connectivity index (χ0n) is 30.1. The van der Waals surface area contributed by atoms with Gasteiger partial charge in [-0.1, -0.05) is 80.6 Å². The van der Waals surface area contributed by atoms with Gasteiger partial charge in [0.1, 0.15) is 18.2 Å². The highest BCUT2D eigenvalue weighted by Crippen LogP contribution is 2.37. The van der Waals surface area contributed by atoms with Crippen LogP contribution in [0.1, 0.15) is 55.5 Å². The maximum Gasteiger partial charge on any atom is 0.407 e. The van der Waals surface area contributed by atoms with Gasteiger partial charge >= 0.3 is 12.1 Å². The number of carbonyl (C=O) groups excluding carboxylic acids is 3. The molecule has 3 aromatic rings. The highest BCUT2D eigenvalue weighted by molar-refractivity contribution is 8.12. The molecule has 0 fully saturated rings. The van der Waals surface area contributed by atoms with Gasteiger partial charge in [-0.3, -0.25) is 14.8 Å². The number of nitrogens with one attached hydrogen (secondary N) is 3. The minimum atomic E-state index is -1.05. The normalized spacial score (nSPS) is 19.0. The number of nitrogens with zero attached hydrogens (tertiary/aromatic N) is 3. The molecule has 2 heterocycles. The van der Waals surface area contributed by atoms with E-state index in [0.29, 0.717) is 19.4 Å². The van der Waals surface area contributed by atoms with Crippen LogP contribution < -0.4 is 16.0 Å². The lowest BCUT2D eigenvalue weighted by Gasteiger charge is -2.34. The average Bonchev–Trinajstić information content (AvgIpc) is 3.95. The van der Waals surface area contributed by atoms with Crippen molar-refractivity contribution in [2.45, 2.75) is 88.7 Å². The summed E-state index contributed by atoms with van der Waals surface area (Å²) in [6, 6.07) is 16.9. The number of thioether (sulfide) groups is 1. The minimum absolute atomic E-state index is 0.0693. The molecular weight excluding hydrogens is 697 g/mol. The number of aliphatic hydroxyl groups excluding tert-OH is 1. The average molecular weight is 747 g/mol. The predicted octanol–water partition coefficient (Wildman–Crippen LogP) is 5.75. The van der Waals surface area contributed by atoms with Crippen LogP contribution in [0.15, 0.2) is 89.0 Å². The number of carbonyl (C=O) groups is 3. The van der Waals surface area contributed by atoms with Crippen molar-refractivity contribution in [1.29, 1.82) is 0 Å². The van der Waals surface area contributed by atoms with Crippen molar-refractivity contribution < 1.29 is 24.2 Å². The number of aliphatic imine (C=N–C) groups is 1. The maximum atomic E-state index is 14.0. The molecular formula is C39H50N6O5S2. The van der Waals surface area contributed by atoms with Crippen LogP contribution in [0.3, 0.4) is 0 Å². The Morgan fingerprint density at radius 3 is 2.31 bits per heavy atom. The molecule has 0 saturated heterocycles. The Bertz CT molecular complexity index is 1660. The Balaban J connectivity index is 1.28. The van der Waals surface area contributed by atoms with E-state index >= 15 is 0 Å². The van der Waals surface area contributed by atoms with E-state index in [9.17, 15) is 19.5 Å². The molecule has 13 heteroatoms. The van der Waals surface area contributed by atoms with Crippen LogP contribution in [-0.2, 0) is 29.0 Å². The van der Waals surface area contributed by atoms with Crippen LogP contribution in [0.25, 0.3) is 0 Å². The largest absolute Gasteiger partial charge is 0.444 e. The molecule has 52 heavy (non-hydrogen) atoms. The molecule has 278 valence electrons. The van der Waals surface area contributed by atoms with Crippen LogP contribution in [0, 0.1) is 5.92 Å². The summed E-state index contributed by atoms with van der Waals surface area (Å²) in [6.45, 7) is 4.28. The van der Waals surface area contributed by atoms with Gasteiger partial charge in [-0.25, -0.2) is 9.59 Å². The molecule has 2 aliphatic rings. The van der Waals surface area contributed by atoms with E-state index in [1.54, 1.807) is 35.4 Å². The first kappa shape index (κ1) is 39.0. The second-order valence-electron chi connectivity index (χ2n) is 13.9. The molecule has 0 radical (unpaired) electrons. The molecule has 11 nitrogen and oxygen atoms in total. The van der Waals surface area contributed by atoms with Crippen LogP contribution in [-0.4, -0.2) is 87.7 Å². The molecule has 1 unspecified atom stereocenters. The van der Waals surface area contributed by atoms with E-state index in [1.165, 1.54) is 16.9 Å². The van der Waals surface area contributed by atoms with Gasteiger partial charge in [0.05, 0.1) is 34.6 Å². The monoisotopic (exact) mass is 746 g/mol. The Labute approximate surface area is 314 Å². The molecule has 0 bridgehead atoms. The van der Waals surface area contributed by atoms with Crippen molar-refractivity contribution in [2.75, 3.05) is 19.3 Å². The summed E-state index contributed by atoms with van der Waals surface area (Å²) < 4.78 is 5.44. The quantitative estimate of drug-likeness (QED) is 0.129. The van der Waals surface area contributed by atoms with E-state index in [1.807, 2.05) is 80.1 Å². The first-order valence-electron chi connectivity index (χ1n) is 17.9. The standard InChI is InChI=1S/C39H50N6O5S2/c1-27(2)35(44-37(48)45(3)23-39(24-51-26-41-39)30-16-10-11-17-30)36(47)42-31(18-28-12-6-4-7-13-28)20-34(46)33(19-29-14-8-5-9-15-29)43-38(49)50-22-32-21-40-25-52-32/h4-9,12-16,21,25-27,31,33-35,46H,10-11,17-20,22-24H2,1-3H3,(H,42,47)(H,43,49)(H,44,48)/t31-,33-,34-,35-,39?/m0/s1. The number of amides is 4. The maximum absolute atomic E-state index is 14.0. The second-order valence-corrected chi connectivity index (χ2v) is 15.7. The molecule has 1 aliphatic heterocycles. The van der Waals surface area contributed by atoms with Crippen LogP contribution >= 0.6 is 23.1 Å². The first-order chi connectivity index (χ1) is 25.1. The molecule has 0 saturated carbocycles. The van der Waals surface area contributed by atoms with Gasteiger partial charge in [0.2, 0.25) is 5.91 Å². The van der Waals surface area contributed by atoms with Gasteiger partial charge in [0.25, 0.3) is 0 Å². The van der Waals surface area contributed by atoms with Crippen molar-refractivity contribution in [2.24, 2.45) is 10.9 Å². The zero-order valence-corrected chi connectivity index (χ0v) is 31.7. The summed E-state index contributed by atoms with van der Waals surface area (Å²) in [5, 5.41) is 20.7. The van der Waals surface area contributed by atoms with Crippen LogP contribution in [0.5, 0.6) is 0 Å². The zero-order chi connectivity index (χ0) is 36.9. The molecule has 2 aromatic carbocycles. The van der Waals surface area contributed by atoms with Crippen LogP contribution in [0.4, 0.5) is 9.59 Å². The lowest BCUT2D eigenvalue weighted by Crippen LogP contribution is -2.57. The van der Waals surface area contributed by atoms with Gasteiger partial charge in [-0.15, -0.1) is 23.1 Å². The number of hydrogen-bond acceptors (Lipinski definition) is 9. The number of likely N-dealkylation sites (N-methyl/N-ethyl adjacent to an activating group) is 1. The van der Waals surface area contributed by atoms with E-state index in [2.05, 4.69) is 27.0 Å². The Morgan fingerprint density at radius 2 is 1.71 bits per heavy atom. The number of allylic oxidation sites excluding steroid dienone is 1. The number of aromatic nitrogens is 1. The molecule has 1 aromatic heterocycles. The lowest BCUT2D eigenvalue weighted by molar-refractivity contribution is -0.124. The topological polar surface area (TPSA) is 145 Å². The molecule has 4 amide bonds.